The van der Waals surface area contributed by atoms with Gasteiger partial charge in [0, 0.05) is 22.5 Å². The summed E-state index contributed by atoms with van der Waals surface area (Å²) in [7, 11) is 0. The number of carbonyl (C=O) groups excluding carboxylic acids is 1. The van der Waals surface area contributed by atoms with Gasteiger partial charge in [-0.25, -0.2) is 4.98 Å². The number of carbonyl (C=O) groups is 2. The van der Waals surface area contributed by atoms with Crippen molar-refractivity contribution in [3.8, 4) is 10.6 Å². The van der Waals surface area contributed by atoms with E-state index in [4.69, 9.17) is 28.3 Å². The van der Waals surface area contributed by atoms with Gasteiger partial charge < -0.3 is 10.4 Å². The summed E-state index contributed by atoms with van der Waals surface area (Å²) >= 11 is 13.3. The number of amides is 1. The predicted octanol–water partition coefficient (Wildman–Crippen LogP) is 3.71. The second kappa shape index (κ2) is 6.11. The Bertz CT molecular complexity index is 787. The van der Waals surface area contributed by atoms with Crippen LogP contribution in [0.4, 0.5) is 0 Å². The lowest BCUT2D eigenvalue weighted by molar-refractivity contribution is -0.143. The molecule has 23 heavy (non-hydrogen) atoms. The first-order chi connectivity index (χ1) is 10.9. The summed E-state index contributed by atoms with van der Waals surface area (Å²) in [6.07, 6.45) is 1.18. The lowest BCUT2D eigenvalue weighted by Crippen LogP contribution is -2.34. The monoisotopic (exact) mass is 370 g/mol. The molecule has 0 bridgehead atoms. The van der Waals surface area contributed by atoms with Gasteiger partial charge in [0.1, 0.15) is 10.7 Å². The summed E-state index contributed by atoms with van der Waals surface area (Å²) in [5.74, 6) is -1.25. The first-order valence-electron chi connectivity index (χ1n) is 6.84. The van der Waals surface area contributed by atoms with E-state index < -0.39 is 11.4 Å². The zero-order valence-electron chi connectivity index (χ0n) is 11.8. The van der Waals surface area contributed by atoms with E-state index in [0.29, 0.717) is 33.5 Å². The van der Waals surface area contributed by atoms with Gasteiger partial charge in [-0.1, -0.05) is 23.2 Å². The zero-order valence-corrected chi connectivity index (χ0v) is 14.1. The smallest absolute Gasteiger partial charge is 0.311 e. The fourth-order valence-electron chi connectivity index (χ4n) is 2.12. The highest BCUT2D eigenvalue weighted by molar-refractivity contribution is 7.13. The number of benzene rings is 1. The number of hydrogen-bond acceptors (Lipinski definition) is 4. The topological polar surface area (TPSA) is 79.3 Å². The maximum absolute atomic E-state index is 12.1. The number of hydrogen-bond donors (Lipinski definition) is 2. The Balaban J connectivity index is 1.71. The van der Waals surface area contributed by atoms with Crippen LogP contribution in [-0.4, -0.2) is 28.5 Å². The van der Waals surface area contributed by atoms with E-state index in [0.717, 1.165) is 0 Å². The molecule has 0 radical (unpaired) electrons. The molecule has 1 aromatic heterocycles. The number of carboxylic acid groups (broad SMARTS) is 1. The number of aromatic nitrogens is 1. The van der Waals surface area contributed by atoms with Gasteiger partial charge in [-0.3, -0.25) is 9.59 Å². The third-order valence-electron chi connectivity index (χ3n) is 3.79. The highest BCUT2D eigenvalue weighted by Crippen LogP contribution is 2.45. The first-order valence-corrected chi connectivity index (χ1v) is 8.47. The Kier molecular flexibility index (Phi) is 4.31. The molecule has 3 rings (SSSR count). The van der Waals surface area contributed by atoms with Crippen LogP contribution in [0.3, 0.4) is 0 Å². The van der Waals surface area contributed by atoms with Crippen LogP contribution in [0.2, 0.25) is 10.0 Å². The van der Waals surface area contributed by atoms with Crippen molar-refractivity contribution in [2.75, 3.05) is 6.54 Å². The van der Waals surface area contributed by atoms with Crippen LogP contribution in [0, 0.1) is 5.41 Å². The van der Waals surface area contributed by atoms with Gasteiger partial charge >= 0.3 is 5.97 Å². The maximum Gasteiger partial charge on any atom is 0.311 e. The summed E-state index contributed by atoms with van der Waals surface area (Å²) < 4.78 is 0. The van der Waals surface area contributed by atoms with Crippen molar-refractivity contribution in [3.05, 3.63) is 39.3 Å². The molecule has 2 N–H and O–H groups in total. The molecule has 1 fully saturated rings. The van der Waals surface area contributed by atoms with Crippen molar-refractivity contribution in [1.82, 2.24) is 10.3 Å². The molecule has 5 nitrogen and oxygen atoms in total. The van der Waals surface area contributed by atoms with Crippen molar-refractivity contribution >= 4 is 46.4 Å². The van der Waals surface area contributed by atoms with E-state index in [1.54, 1.807) is 23.6 Å². The molecular weight excluding hydrogens is 359 g/mol. The average molecular weight is 371 g/mol. The Morgan fingerprint density at radius 2 is 2.09 bits per heavy atom. The summed E-state index contributed by atoms with van der Waals surface area (Å²) in [5, 5.41) is 15.0. The SMILES string of the molecule is O=C(NCC1(C(=O)O)CC1)c1csc(-c2ccc(Cl)cc2Cl)n1. The van der Waals surface area contributed by atoms with Gasteiger partial charge in [0.15, 0.2) is 0 Å². The highest BCUT2D eigenvalue weighted by Gasteiger charge is 2.50. The molecule has 0 atom stereocenters. The Morgan fingerprint density at radius 3 is 2.70 bits per heavy atom. The van der Waals surface area contributed by atoms with Crippen LogP contribution < -0.4 is 5.32 Å². The molecule has 1 amide bonds. The fourth-order valence-corrected chi connectivity index (χ4v) is 3.51. The summed E-state index contributed by atoms with van der Waals surface area (Å²) in [5.41, 5.74) is 0.148. The van der Waals surface area contributed by atoms with Crippen molar-refractivity contribution < 1.29 is 14.7 Å². The van der Waals surface area contributed by atoms with Crippen LogP contribution >= 0.6 is 34.5 Å². The van der Waals surface area contributed by atoms with Crippen molar-refractivity contribution in [2.24, 2.45) is 5.41 Å². The fraction of sp³-hybridized carbons (Fsp3) is 0.267. The summed E-state index contributed by atoms with van der Waals surface area (Å²) in [6, 6.07) is 5.06. The van der Waals surface area contributed by atoms with Crippen LogP contribution in [0.15, 0.2) is 23.6 Å². The molecule has 8 heteroatoms. The van der Waals surface area contributed by atoms with Crippen LogP contribution in [0.1, 0.15) is 23.3 Å². The molecule has 1 heterocycles. The molecule has 1 aromatic carbocycles. The molecule has 0 unspecified atom stereocenters. The number of aliphatic carboxylic acids is 1. The van der Waals surface area contributed by atoms with E-state index in [1.807, 2.05) is 0 Å². The lowest BCUT2D eigenvalue weighted by Gasteiger charge is -2.09. The number of nitrogens with zero attached hydrogens (tertiary/aromatic N) is 1. The minimum atomic E-state index is -0.871. The molecule has 1 aliphatic rings. The second-order valence-electron chi connectivity index (χ2n) is 5.43. The maximum atomic E-state index is 12.1. The Labute approximate surface area is 146 Å². The molecular formula is C15H12Cl2N2O3S. The van der Waals surface area contributed by atoms with E-state index in [9.17, 15) is 9.59 Å². The van der Waals surface area contributed by atoms with Crippen LogP contribution in [-0.2, 0) is 4.79 Å². The largest absolute Gasteiger partial charge is 0.481 e. The molecule has 2 aromatic rings. The van der Waals surface area contributed by atoms with Crippen molar-refractivity contribution in [2.45, 2.75) is 12.8 Å². The molecule has 0 spiro atoms. The van der Waals surface area contributed by atoms with E-state index in [-0.39, 0.29) is 18.1 Å². The molecule has 0 saturated heterocycles. The van der Waals surface area contributed by atoms with Gasteiger partial charge in [0.25, 0.3) is 5.91 Å². The number of rotatable bonds is 5. The number of carboxylic acids is 1. The quantitative estimate of drug-likeness (QED) is 0.840. The van der Waals surface area contributed by atoms with Gasteiger partial charge in [0.05, 0.1) is 10.4 Å². The van der Waals surface area contributed by atoms with E-state index >= 15 is 0 Å². The predicted molar refractivity (Wildman–Crippen MR) is 89.2 cm³/mol. The van der Waals surface area contributed by atoms with Gasteiger partial charge in [0.2, 0.25) is 0 Å². The van der Waals surface area contributed by atoms with Crippen molar-refractivity contribution in [3.63, 3.8) is 0 Å². The van der Waals surface area contributed by atoms with E-state index in [2.05, 4.69) is 10.3 Å². The highest BCUT2D eigenvalue weighted by atomic mass is 35.5. The number of nitrogens with one attached hydrogen (secondary N) is 1. The first kappa shape index (κ1) is 16.2. The normalized spacial score (nSPS) is 15.2. The molecule has 1 aliphatic carbocycles. The average Bonchev–Trinajstić information content (AvgIpc) is 3.15. The van der Waals surface area contributed by atoms with Gasteiger partial charge in [-0.2, -0.15) is 0 Å². The van der Waals surface area contributed by atoms with Gasteiger partial charge in [-0.15, -0.1) is 11.3 Å². The summed E-state index contributed by atoms with van der Waals surface area (Å²) in [4.78, 5) is 27.5. The Morgan fingerprint density at radius 1 is 1.35 bits per heavy atom. The lowest BCUT2D eigenvalue weighted by atomic mass is 10.1. The summed E-state index contributed by atoms with van der Waals surface area (Å²) in [6.45, 7) is 0.121. The van der Waals surface area contributed by atoms with Gasteiger partial charge in [-0.05, 0) is 31.0 Å². The third kappa shape index (κ3) is 3.34. The molecule has 1 saturated carbocycles. The van der Waals surface area contributed by atoms with Crippen LogP contribution in [0.25, 0.3) is 10.6 Å². The number of halogens is 2. The number of thiazole rings is 1. The second-order valence-corrected chi connectivity index (χ2v) is 7.13. The van der Waals surface area contributed by atoms with Crippen molar-refractivity contribution in [1.29, 1.82) is 0 Å². The zero-order chi connectivity index (χ0) is 16.6. The van der Waals surface area contributed by atoms with Crippen LogP contribution in [0.5, 0.6) is 0 Å². The molecule has 120 valence electrons. The minimum absolute atomic E-state index is 0.121. The Hall–Kier alpha value is -1.63. The third-order valence-corrected chi connectivity index (χ3v) is 5.22. The van der Waals surface area contributed by atoms with E-state index in [1.165, 1.54) is 11.3 Å². The minimum Gasteiger partial charge on any atom is -0.481 e. The molecule has 0 aliphatic heterocycles. The standard InChI is InChI=1S/C15H12Cl2N2O3S/c16-8-1-2-9(10(17)5-8)13-19-11(6-23-13)12(20)18-7-15(3-4-15)14(21)22/h1-2,5-6H,3-4,7H2,(H,18,20)(H,21,22).